The van der Waals surface area contributed by atoms with Crippen LogP contribution in [0.25, 0.3) is 11.3 Å². The van der Waals surface area contributed by atoms with Gasteiger partial charge in [-0.2, -0.15) is 0 Å². The third-order valence-corrected chi connectivity index (χ3v) is 4.98. The monoisotopic (exact) mass is 403 g/mol. The number of carbonyl (C=O) groups excluding carboxylic acids is 2. The Morgan fingerprint density at radius 1 is 1.10 bits per heavy atom. The maximum atomic E-state index is 13.3. The molecule has 156 valence electrons. The molecule has 1 N–H and O–H groups in total. The molecule has 0 radical (unpaired) electrons. The Balaban J connectivity index is 1.97. The van der Waals surface area contributed by atoms with E-state index in [1.54, 1.807) is 28.0 Å². The first-order valence-corrected chi connectivity index (χ1v) is 9.32. The minimum atomic E-state index is -1.01. The summed E-state index contributed by atoms with van der Waals surface area (Å²) in [4.78, 5) is 28.2. The van der Waals surface area contributed by atoms with E-state index < -0.39 is 6.10 Å². The summed E-state index contributed by atoms with van der Waals surface area (Å²) in [5.41, 5.74) is 1.13. The Morgan fingerprint density at radius 3 is 2.28 bits per heavy atom. The number of aliphatic hydroxyl groups excluding tert-OH is 1. The third kappa shape index (κ3) is 4.04. The number of nitrogens with zero attached hydrogens (tertiary/aromatic N) is 3. The smallest absolute Gasteiger partial charge is 0.259 e. The number of rotatable bonds is 5. The number of hydrogen-bond donors (Lipinski definition) is 1. The first-order chi connectivity index (χ1) is 13.9. The van der Waals surface area contributed by atoms with Gasteiger partial charge < -0.3 is 28.9 Å². The molecule has 0 saturated carbocycles. The van der Waals surface area contributed by atoms with E-state index in [0.29, 0.717) is 48.9 Å². The molecule has 1 aliphatic heterocycles. The maximum Gasteiger partial charge on any atom is 0.259 e. The number of methoxy groups -OCH3 is 2. The van der Waals surface area contributed by atoms with Crippen molar-refractivity contribution in [3.8, 4) is 22.8 Å². The molecule has 1 aromatic heterocycles. The van der Waals surface area contributed by atoms with Crippen LogP contribution in [-0.4, -0.2) is 72.3 Å². The fraction of sp³-hybridized carbons (Fsp3) is 0.450. The van der Waals surface area contributed by atoms with Crippen molar-refractivity contribution in [3.63, 3.8) is 0 Å². The zero-order chi connectivity index (χ0) is 21.1. The number of hydrogen-bond acceptors (Lipinski definition) is 7. The van der Waals surface area contributed by atoms with Crippen LogP contribution in [0.4, 0.5) is 0 Å². The zero-order valence-electron chi connectivity index (χ0n) is 17.0. The molecule has 2 amide bonds. The largest absolute Gasteiger partial charge is 0.493 e. The lowest BCUT2D eigenvalue weighted by Crippen LogP contribution is -2.50. The predicted octanol–water partition coefficient (Wildman–Crippen LogP) is 1.72. The van der Waals surface area contributed by atoms with E-state index >= 15 is 0 Å². The van der Waals surface area contributed by atoms with Crippen molar-refractivity contribution in [1.82, 2.24) is 15.0 Å². The van der Waals surface area contributed by atoms with Crippen LogP contribution in [0.15, 0.2) is 22.7 Å². The SMILES string of the molecule is COc1ccc(-c2noc([C@H](C)O)c2C(=O)N2CCN(C(C)=O)CC2)cc1OC. The van der Waals surface area contributed by atoms with Gasteiger partial charge in [-0.3, -0.25) is 9.59 Å². The highest BCUT2D eigenvalue weighted by atomic mass is 16.5. The van der Waals surface area contributed by atoms with Crippen molar-refractivity contribution >= 4 is 11.8 Å². The number of piperazine rings is 1. The second-order valence-electron chi connectivity index (χ2n) is 6.81. The quantitative estimate of drug-likeness (QED) is 0.810. The fourth-order valence-corrected chi connectivity index (χ4v) is 3.36. The lowest BCUT2D eigenvalue weighted by Gasteiger charge is -2.34. The molecule has 1 fully saturated rings. The molecule has 9 heteroatoms. The van der Waals surface area contributed by atoms with Crippen LogP contribution >= 0.6 is 0 Å². The lowest BCUT2D eigenvalue weighted by atomic mass is 10.0. The number of ether oxygens (including phenoxy) is 2. The lowest BCUT2D eigenvalue weighted by molar-refractivity contribution is -0.130. The zero-order valence-corrected chi connectivity index (χ0v) is 17.0. The summed E-state index contributed by atoms with van der Waals surface area (Å²) < 4.78 is 15.9. The van der Waals surface area contributed by atoms with Crippen LogP contribution in [0.2, 0.25) is 0 Å². The second-order valence-corrected chi connectivity index (χ2v) is 6.81. The summed E-state index contributed by atoms with van der Waals surface area (Å²) in [5.74, 6) is 0.825. The summed E-state index contributed by atoms with van der Waals surface area (Å²) >= 11 is 0. The van der Waals surface area contributed by atoms with Gasteiger partial charge in [-0.25, -0.2) is 0 Å². The van der Waals surface area contributed by atoms with Crippen LogP contribution in [0.1, 0.15) is 36.1 Å². The summed E-state index contributed by atoms with van der Waals surface area (Å²) in [7, 11) is 3.06. The number of carbonyl (C=O) groups is 2. The molecule has 9 nitrogen and oxygen atoms in total. The Labute approximate surface area is 168 Å². The first kappa shape index (κ1) is 20.7. The van der Waals surface area contributed by atoms with Crippen molar-refractivity contribution < 1.29 is 28.7 Å². The number of aliphatic hydroxyl groups is 1. The second kappa shape index (κ2) is 8.52. The predicted molar refractivity (Wildman–Crippen MR) is 104 cm³/mol. The van der Waals surface area contributed by atoms with Crippen molar-refractivity contribution in [2.45, 2.75) is 20.0 Å². The van der Waals surface area contributed by atoms with Crippen LogP contribution in [-0.2, 0) is 4.79 Å². The van der Waals surface area contributed by atoms with Gasteiger partial charge in [0.05, 0.1) is 14.2 Å². The Bertz CT molecular complexity index is 900. The highest BCUT2D eigenvalue weighted by Crippen LogP contribution is 2.35. The van der Waals surface area contributed by atoms with Gasteiger partial charge in [-0.1, -0.05) is 5.16 Å². The molecule has 0 aliphatic carbocycles. The molecular weight excluding hydrogens is 378 g/mol. The van der Waals surface area contributed by atoms with Crippen LogP contribution in [0.3, 0.4) is 0 Å². The molecule has 0 unspecified atom stereocenters. The van der Waals surface area contributed by atoms with E-state index in [-0.39, 0.29) is 23.1 Å². The molecule has 2 heterocycles. The number of amides is 2. The molecule has 1 atom stereocenters. The van der Waals surface area contributed by atoms with Crippen LogP contribution in [0.5, 0.6) is 11.5 Å². The molecule has 2 aromatic rings. The van der Waals surface area contributed by atoms with E-state index in [4.69, 9.17) is 14.0 Å². The van der Waals surface area contributed by atoms with Gasteiger partial charge >= 0.3 is 0 Å². The Hall–Kier alpha value is -3.07. The summed E-state index contributed by atoms with van der Waals surface area (Å²) in [5, 5.41) is 14.2. The Kier molecular flexibility index (Phi) is 6.07. The normalized spacial score (nSPS) is 15.2. The van der Waals surface area contributed by atoms with Crippen molar-refractivity contribution in [2.24, 2.45) is 0 Å². The third-order valence-electron chi connectivity index (χ3n) is 4.98. The number of benzene rings is 1. The minimum absolute atomic E-state index is 0.0160. The maximum absolute atomic E-state index is 13.3. The summed E-state index contributed by atoms with van der Waals surface area (Å²) in [6.07, 6.45) is -1.01. The topological polar surface area (TPSA) is 105 Å². The molecule has 3 rings (SSSR count). The van der Waals surface area contributed by atoms with Gasteiger partial charge in [0.25, 0.3) is 5.91 Å². The van der Waals surface area contributed by atoms with E-state index in [2.05, 4.69) is 5.16 Å². The molecule has 1 aliphatic rings. The van der Waals surface area contributed by atoms with E-state index in [1.807, 2.05) is 0 Å². The van der Waals surface area contributed by atoms with Gasteiger partial charge in [0, 0.05) is 38.7 Å². The Morgan fingerprint density at radius 2 is 1.72 bits per heavy atom. The van der Waals surface area contributed by atoms with Crippen molar-refractivity contribution in [1.29, 1.82) is 0 Å². The first-order valence-electron chi connectivity index (χ1n) is 9.32. The molecular formula is C20H25N3O6. The molecule has 29 heavy (non-hydrogen) atoms. The van der Waals surface area contributed by atoms with Crippen molar-refractivity contribution in [3.05, 3.63) is 29.5 Å². The van der Waals surface area contributed by atoms with E-state index in [0.717, 1.165) is 0 Å². The van der Waals surface area contributed by atoms with Gasteiger partial charge in [0.2, 0.25) is 5.91 Å². The standard InChI is InChI=1S/C20H25N3O6/c1-12(24)19-17(20(26)23-9-7-22(8-10-23)13(2)25)18(21-29-19)14-5-6-15(27-3)16(11-14)28-4/h5-6,11-12,24H,7-10H2,1-4H3/t12-/m0/s1. The summed E-state index contributed by atoms with van der Waals surface area (Å²) in [6, 6.07) is 5.16. The minimum Gasteiger partial charge on any atom is -0.493 e. The number of aromatic nitrogens is 1. The highest BCUT2D eigenvalue weighted by Gasteiger charge is 2.32. The summed E-state index contributed by atoms with van der Waals surface area (Å²) in [6.45, 7) is 4.74. The van der Waals surface area contributed by atoms with Crippen LogP contribution in [0, 0.1) is 0 Å². The van der Waals surface area contributed by atoms with Gasteiger partial charge in [0.15, 0.2) is 17.3 Å². The van der Waals surface area contributed by atoms with Gasteiger partial charge in [-0.15, -0.1) is 0 Å². The van der Waals surface area contributed by atoms with Crippen molar-refractivity contribution in [2.75, 3.05) is 40.4 Å². The van der Waals surface area contributed by atoms with E-state index in [9.17, 15) is 14.7 Å². The fourth-order valence-electron chi connectivity index (χ4n) is 3.36. The van der Waals surface area contributed by atoms with Gasteiger partial charge in [-0.05, 0) is 25.1 Å². The van der Waals surface area contributed by atoms with E-state index in [1.165, 1.54) is 28.1 Å². The average Bonchev–Trinajstić information content (AvgIpc) is 3.18. The molecule has 1 aromatic carbocycles. The molecule has 1 saturated heterocycles. The average molecular weight is 403 g/mol. The van der Waals surface area contributed by atoms with Gasteiger partial charge in [0.1, 0.15) is 17.4 Å². The molecule has 0 bridgehead atoms. The molecule has 0 spiro atoms. The highest BCUT2D eigenvalue weighted by molar-refractivity contribution is 6.01. The van der Waals surface area contributed by atoms with Crippen LogP contribution < -0.4 is 9.47 Å².